The quantitative estimate of drug-likeness (QED) is 0.887. The van der Waals surface area contributed by atoms with Crippen LogP contribution in [0, 0.1) is 0 Å². The van der Waals surface area contributed by atoms with Gasteiger partial charge in [0, 0.05) is 36.0 Å². The van der Waals surface area contributed by atoms with Crippen LogP contribution in [0.15, 0.2) is 17.5 Å². The highest BCUT2D eigenvalue weighted by Crippen LogP contribution is 2.13. The second-order valence-electron chi connectivity index (χ2n) is 7.09. The van der Waals surface area contributed by atoms with Crippen LogP contribution in [-0.2, 0) is 11.2 Å². The Morgan fingerprint density at radius 1 is 1.30 bits per heavy atom. The molecule has 2 rings (SSSR count). The zero-order valence-electron chi connectivity index (χ0n) is 14.2. The Bertz CT molecular complexity index is 514. The van der Waals surface area contributed by atoms with Crippen molar-refractivity contribution in [2.75, 3.05) is 13.1 Å². The Balaban J connectivity index is 1.68. The van der Waals surface area contributed by atoms with Gasteiger partial charge in [0.15, 0.2) is 0 Å². The molecule has 1 aliphatic rings. The van der Waals surface area contributed by atoms with E-state index in [0.717, 1.165) is 19.3 Å². The van der Waals surface area contributed by atoms with E-state index in [0.29, 0.717) is 19.5 Å². The Morgan fingerprint density at radius 3 is 2.57 bits per heavy atom. The van der Waals surface area contributed by atoms with Crippen molar-refractivity contribution in [1.29, 1.82) is 0 Å². The fourth-order valence-electron chi connectivity index (χ4n) is 2.62. The van der Waals surface area contributed by atoms with Gasteiger partial charge in [-0.2, -0.15) is 0 Å². The molecule has 1 aliphatic heterocycles. The molecule has 0 saturated carbocycles. The predicted octanol–water partition coefficient (Wildman–Crippen LogP) is 2.77. The van der Waals surface area contributed by atoms with Crippen LogP contribution in [0.1, 0.15) is 44.9 Å². The van der Waals surface area contributed by atoms with E-state index in [-0.39, 0.29) is 23.5 Å². The lowest BCUT2D eigenvalue weighted by Crippen LogP contribution is -2.53. The van der Waals surface area contributed by atoms with Crippen LogP contribution in [0.2, 0.25) is 0 Å². The van der Waals surface area contributed by atoms with Crippen molar-refractivity contribution in [1.82, 2.24) is 15.5 Å². The number of carbonyl (C=O) groups is 2. The first-order valence-electron chi connectivity index (χ1n) is 8.22. The van der Waals surface area contributed by atoms with Gasteiger partial charge in [-0.05, 0) is 51.5 Å². The highest BCUT2D eigenvalue weighted by Gasteiger charge is 2.25. The molecule has 128 valence electrons. The molecule has 2 N–H and O–H groups in total. The molecule has 6 heteroatoms. The molecule has 23 heavy (non-hydrogen) atoms. The number of nitrogens with one attached hydrogen (secondary N) is 2. The van der Waals surface area contributed by atoms with Crippen LogP contribution < -0.4 is 10.6 Å². The number of urea groups is 1. The fourth-order valence-corrected chi connectivity index (χ4v) is 3.33. The molecule has 2 heterocycles. The number of likely N-dealkylation sites (tertiary alicyclic amines) is 1. The normalized spacial score (nSPS) is 16.2. The van der Waals surface area contributed by atoms with Crippen molar-refractivity contribution in [2.45, 2.75) is 58.0 Å². The molecular formula is C17H27N3O2S. The number of hydrogen-bond acceptors (Lipinski definition) is 3. The highest BCUT2D eigenvalue weighted by molar-refractivity contribution is 7.09. The summed E-state index contributed by atoms with van der Waals surface area (Å²) in [6.07, 6.45) is 2.98. The largest absolute Gasteiger partial charge is 0.353 e. The molecule has 1 saturated heterocycles. The van der Waals surface area contributed by atoms with Gasteiger partial charge >= 0.3 is 6.03 Å². The lowest BCUT2D eigenvalue weighted by molar-refractivity contribution is -0.122. The summed E-state index contributed by atoms with van der Waals surface area (Å²) < 4.78 is 0. The molecule has 3 amide bonds. The van der Waals surface area contributed by atoms with Crippen molar-refractivity contribution >= 4 is 23.3 Å². The van der Waals surface area contributed by atoms with E-state index in [1.165, 1.54) is 4.88 Å². The van der Waals surface area contributed by atoms with Crippen molar-refractivity contribution in [3.63, 3.8) is 0 Å². The minimum Gasteiger partial charge on any atom is -0.353 e. The number of amides is 3. The molecule has 0 unspecified atom stereocenters. The maximum atomic E-state index is 12.1. The molecule has 0 spiro atoms. The summed E-state index contributed by atoms with van der Waals surface area (Å²) in [5.41, 5.74) is -0.218. The third-order valence-electron chi connectivity index (χ3n) is 3.81. The molecule has 0 aliphatic carbocycles. The van der Waals surface area contributed by atoms with Crippen LogP contribution in [0.3, 0.4) is 0 Å². The molecule has 1 aromatic heterocycles. The van der Waals surface area contributed by atoms with E-state index in [1.54, 1.807) is 11.3 Å². The van der Waals surface area contributed by atoms with Gasteiger partial charge in [-0.25, -0.2) is 4.79 Å². The van der Waals surface area contributed by atoms with Gasteiger partial charge in [0.25, 0.3) is 0 Å². The summed E-state index contributed by atoms with van der Waals surface area (Å²) in [5.74, 6) is 0.107. The van der Waals surface area contributed by atoms with E-state index in [2.05, 4.69) is 16.7 Å². The first-order valence-corrected chi connectivity index (χ1v) is 9.10. The van der Waals surface area contributed by atoms with E-state index < -0.39 is 0 Å². The van der Waals surface area contributed by atoms with Crippen LogP contribution >= 0.6 is 11.3 Å². The van der Waals surface area contributed by atoms with Crippen molar-refractivity contribution in [3.05, 3.63) is 22.4 Å². The fraction of sp³-hybridized carbons (Fsp3) is 0.647. The summed E-state index contributed by atoms with van der Waals surface area (Å²) in [5, 5.41) is 8.11. The van der Waals surface area contributed by atoms with Gasteiger partial charge < -0.3 is 15.5 Å². The van der Waals surface area contributed by atoms with E-state index in [9.17, 15) is 9.59 Å². The number of nitrogens with zero attached hydrogens (tertiary/aromatic N) is 1. The van der Waals surface area contributed by atoms with Crippen molar-refractivity contribution in [2.24, 2.45) is 0 Å². The summed E-state index contributed by atoms with van der Waals surface area (Å²) in [6, 6.07) is 4.24. The second-order valence-corrected chi connectivity index (χ2v) is 8.12. The molecule has 1 fully saturated rings. The third-order valence-corrected chi connectivity index (χ3v) is 4.74. The molecular weight excluding hydrogens is 310 g/mol. The number of thiophene rings is 1. The third kappa shape index (κ3) is 6.22. The zero-order chi connectivity index (χ0) is 16.9. The van der Waals surface area contributed by atoms with Gasteiger partial charge in [0.2, 0.25) is 5.91 Å². The molecule has 0 radical (unpaired) electrons. The monoisotopic (exact) mass is 337 g/mol. The Hall–Kier alpha value is -1.56. The van der Waals surface area contributed by atoms with E-state index in [1.807, 2.05) is 37.1 Å². The molecule has 1 aromatic rings. The average molecular weight is 337 g/mol. The summed E-state index contributed by atoms with van der Waals surface area (Å²) in [7, 11) is 0. The average Bonchev–Trinajstić information content (AvgIpc) is 2.97. The minimum absolute atomic E-state index is 0.0139. The van der Waals surface area contributed by atoms with Gasteiger partial charge in [-0.3, -0.25) is 4.79 Å². The van der Waals surface area contributed by atoms with Gasteiger partial charge in [0.05, 0.1) is 0 Å². The number of carbonyl (C=O) groups excluding carboxylic acids is 2. The molecule has 0 aromatic carbocycles. The van der Waals surface area contributed by atoms with Crippen molar-refractivity contribution < 1.29 is 9.59 Å². The summed E-state index contributed by atoms with van der Waals surface area (Å²) >= 11 is 1.69. The van der Waals surface area contributed by atoms with Crippen LogP contribution in [0.25, 0.3) is 0 Å². The number of aryl methyl sites for hydroxylation is 1. The first-order chi connectivity index (χ1) is 10.8. The van der Waals surface area contributed by atoms with Crippen molar-refractivity contribution in [3.8, 4) is 0 Å². The summed E-state index contributed by atoms with van der Waals surface area (Å²) in [6.45, 7) is 7.32. The van der Waals surface area contributed by atoms with Gasteiger partial charge in [0.1, 0.15) is 0 Å². The van der Waals surface area contributed by atoms with E-state index >= 15 is 0 Å². The van der Waals surface area contributed by atoms with Gasteiger partial charge in [-0.1, -0.05) is 6.07 Å². The maximum Gasteiger partial charge on any atom is 0.317 e. The smallest absolute Gasteiger partial charge is 0.317 e. The SMILES string of the molecule is CC(C)(C)NC(=O)N1CCC(NC(=O)CCc2cccs2)CC1. The van der Waals surface area contributed by atoms with Crippen LogP contribution in [0.4, 0.5) is 4.79 Å². The number of hydrogen-bond donors (Lipinski definition) is 2. The van der Waals surface area contributed by atoms with Crippen LogP contribution in [0.5, 0.6) is 0 Å². The second kappa shape index (κ2) is 7.81. The lowest BCUT2D eigenvalue weighted by Gasteiger charge is -2.34. The Morgan fingerprint density at radius 2 is 2.00 bits per heavy atom. The first kappa shape index (κ1) is 17.8. The molecule has 5 nitrogen and oxygen atoms in total. The highest BCUT2D eigenvalue weighted by atomic mass is 32.1. The Kier molecular flexibility index (Phi) is 6.04. The van der Waals surface area contributed by atoms with E-state index in [4.69, 9.17) is 0 Å². The van der Waals surface area contributed by atoms with Crippen LogP contribution in [-0.4, -0.2) is 41.5 Å². The maximum absolute atomic E-state index is 12.1. The summed E-state index contributed by atoms with van der Waals surface area (Å²) in [4.78, 5) is 27.2. The molecule has 0 atom stereocenters. The molecule has 0 bridgehead atoms. The zero-order valence-corrected chi connectivity index (χ0v) is 15.0. The number of piperidine rings is 1. The minimum atomic E-state index is -0.218. The van der Waals surface area contributed by atoms with Gasteiger partial charge in [-0.15, -0.1) is 11.3 Å². The standard InChI is InChI=1S/C17H27N3O2S/c1-17(2,3)19-16(22)20-10-8-13(9-11-20)18-15(21)7-6-14-5-4-12-23-14/h4-5,12-13H,6-11H2,1-3H3,(H,18,21)(H,19,22). The predicted molar refractivity (Wildman–Crippen MR) is 93.7 cm³/mol. The lowest BCUT2D eigenvalue weighted by atomic mass is 10.0. The Labute approximate surface area is 142 Å². The topological polar surface area (TPSA) is 61.4 Å². The number of rotatable bonds is 4.